The van der Waals surface area contributed by atoms with Crippen molar-refractivity contribution in [3.8, 4) is 6.07 Å². The highest BCUT2D eigenvalue weighted by Gasteiger charge is 1.84. The predicted octanol–water partition coefficient (Wildman–Crippen LogP) is -0.294. The van der Waals surface area contributed by atoms with Crippen molar-refractivity contribution in [2.45, 2.75) is 6.42 Å². The first-order valence-corrected chi connectivity index (χ1v) is 2.10. The molecule has 0 spiro atoms. The average molecular weight is 99.1 g/mol. The van der Waals surface area contributed by atoms with Gasteiger partial charge in [-0.25, -0.2) is 5.01 Å². The maximum atomic E-state index is 7.98. The number of hydrogen-bond acceptors (Lipinski definition) is 3. The van der Waals surface area contributed by atoms with Crippen molar-refractivity contribution in [2.75, 3.05) is 13.6 Å². The van der Waals surface area contributed by atoms with Crippen LogP contribution in [0.25, 0.3) is 0 Å². The smallest absolute Gasteiger partial charge is 0.0635 e. The van der Waals surface area contributed by atoms with E-state index in [2.05, 4.69) is 0 Å². The molecule has 40 valence electrons. The molecule has 0 saturated heterocycles. The van der Waals surface area contributed by atoms with Crippen LogP contribution in [0.5, 0.6) is 0 Å². The molecule has 0 fully saturated rings. The number of hydrazine groups is 1. The van der Waals surface area contributed by atoms with Crippen LogP contribution >= 0.6 is 0 Å². The Morgan fingerprint density at radius 3 is 2.57 bits per heavy atom. The molecule has 7 heavy (non-hydrogen) atoms. The minimum atomic E-state index is 0.507. The fourth-order valence-corrected chi connectivity index (χ4v) is 0.226. The summed E-state index contributed by atoms with van der Waals surface area (Å²) in [5, 5.41) is 9.47. The quantitative estimate of drug-likeness (QED) is 0.382. The molecule has 0 aliphatic rings. The number of nitrogens with zero attached hydrogens (tertiary/aromatic N) is 2. The van der Waals surface area contributed by atoms with E-state index in [0.717, 1.165) is 0 Å². The SMILES string of the molecule is CN(N)CCC#N. The zero-order chi connectivity index (χ0) is 5.70. The second-order valence-electron chi connectivity index (χ2n) is 1.39. The van der Waals surface area contributed by atoms with E-state index >= 15 is 0 Å². The van der Waals surface area contributed by atoms with Gasteiger partial charge < -0.3 is 0 Å². The van der Waals surface area contributed by atoms with Crippen molar-refractivity contribution in [3.63, 3.8) is 0 Å². The fourth-order valence-electron chi connectivity index (χ4n) is 0.226. The summed E-state index contributed by atoms with van der Waals surface area (Å²) in [6.45, 7) is 0.649. The van der Waals surface area contributed by atoms with Gasteiger partial charge in [-0.2, -0.15) is 5.26 Å². The summed E-state index contributed by atoms with van der Waals surface area (Å²) in [6.07, 6.45) is 0.507. The Bertz CT molecular complexity index is 71.5. The average Bonchev–Trinajstić information content (AvgIpc) is 1.61. The van der Waals surface area contributed by atoms with Crippen LogP contribution in [0.2, 0.25) is 0 Å². The van der Waals surface area contributed by atoms with Crippen LogP contribution in [0.1, 0.15) is 6.42 Å². The van der Waals surface area contributed by atoms with Gasteiger partial charge in [0.2, 0.25) is 0 Å². The fraction of sp³-hybridized carbons (Fsp3) is 0.750. The van der Waals surface area contributed by atoms with E-state index in [1.807, 2.05) is 6.07 Å². The number of hydrogen-bond donors (Lipinski definition) is 1. The van der Waals surface area contributed by atoms with E-state index in [9.17, 15) is 0 Å². The predicted molar refractivity (Wildman–Crippen MR) is 27.0 cm³/mol. The number of nitriles is 1. The lowest BCUT2D eigenvalue weighted by molar-refractivity contribution is 0.358. The van der Waals surface area contributed by atoms with Gasteiger partial charge in [-0.3, -0.25) is 5.84 Å². The van der Waals surface area contributed by atoms with Crippen LogP contribution < -0.4 is 5.84 Å². The van der Waals surface area contributed by atoms with E-state index in [1.165, 1.54) is 5.01 Å². The Hall–Kier alpha value is -0.590. The molecule has 0 aromatic heterocycles. The molecule has 0 bridgehead atoms. The monoisotopic (exact) mass is 99.1 g/mol. The third-order valence-corrected chi connectivity index (χ3v) is 0.576. The molecule has 0 heterocycles. The summed E-state index contributed by atoms with van der Waals surface area (Å²) < 4.78 is 0. The molecule has 0 saturated carbocycles. The highest BCUT2D eigenvalue weighted by molar-refractivity contribution is 4.68. The summed E-state index contributed by atoms with van der Waals surface area (Å²) in [7, 11) is 1.73. The molecular formula is C4H9N3. The van der Waals surface area contributed by atoms with Gasteiger partial charge in [-0.15, -0.1) is 0 Å². The van der Waals surface area contributed by atoms with Gasteiger partial charge >= 0.3 is 0 Å². The molecule has 3 heteroatoms. The van der Waals surface area contributed by atoms with Gasteiger partial charge in [0.05, 0.1) is 6.07 Å². The van der Waals surface area contributed by atoms with Crippen molar-refractivity contribution in [2.24, 2.45) is 5.84 Å². The van der Waals surface area contributed by atoms with Gasteiger partial charge in [-0.1, -0.05) is 0 Å². The van der Waals surface area contributed by atoms with E-state index < -0.39 is 0 Å². The van der Waals surface area contributed by atoms with Crippen LogP contribution in [-0.2, 0) is 0 Å². The van der Waals surface area contributed by atoms with Crippen LogP contribution in [-0.4, -0.2) is 18.6 Å². The zero-order valence-electron chi connectivity index (χ0n) is 4.39. The van der Waals surface area contributed by atoms with Crippen molar-refractivity contribution in [3.05, 3.63) is 0 Å². The van der Waals surface area contributed by atoms with E-state index in [4.69, 9.17) is 11.1 Å². The molecule has 0 aliphatic heterocycles. The Kier molecular flexibility index (Phi) is 3.29. The standard InChI is InChI=1S/C4H9N3/c1-7(6)4-2-3-5/h2,4,6H2,1H3. The Balaban J connectivity index is 2.86. The van der Waals surface area contributed by atoms with Crippen molar-refractivity contribution in [1.29, 1.82) is 5.26 Å². The Morgan fingerprint density at radius 1 is 1.86 bits per heavy atom. The van der Waals surface area contributed by atoms with E-state index in [0.29, 0.717) is 13.0 Å². The highest BCUT2D eigenvalue weighted by Crippen LogP contribution is 1.73. The van der Waals surface area contributed by atoms with Crippen LogP contribution in [0.3, 0.4) is 0 Å². The first-order valence-electron chi connectivity index (χ1n) is 2.10. The first kappa shape index (κ1) is 6.41. The molecule has 0 rings (SSSR count). The van der Waals surface area contributed by atoms with Gasteiger partial charge in [0, 0.05) is 20.0 Å². The molecule has 2 N–H and O–H groups in total. The first-order chi connectivity index (χ1) is 3.27. The van der Waals surface area contributed by atoms with Crippen molar-refractivity contribution in [1.82, 2.24) is 5.01 Å². The largest absolute Gasteiger partial charge is 0.269 e. The lowest BCUT2D eigenvalue weighted by Crippen LogP contribution is -2.26. The van der Waals surface area contributed by atoms with Crippen molar-refractivity contribution < 1.29 is 0 Å². The summed E-state index contributed by atoms with van der Waals surface area (Å²) in [5.74, 6) is 5.16. The highest BCUT2D eigenvalue weighted by atomic mass is 15.4. The second kappa shape index (κ2) is 3.59. The molecule has 0 atom stereocenters. The Morgan fingerprint density at radius 2 is 2.43 bits per heavy atom. The normalized spacial score (nSPS) is 8.86. The van der Waals surface area contributed by atoms with Crippen LogP contribution in [0.15, 0.2) is 0 Å². The van der Waals surface area contributed by atoms with Crippen LogP contribution in [0, 0.1) is 11.3 Å². The lowest BCUT2D eigenvalue weighted by atomic mass is 10.5. The van der Waals surface area contributed by atoms with Crippen LogP contribution in [0.4, 0.5) is 0 Å². The third-order valence-electron chi connectivity index (χ3n) is 0.576. The maximum Gasteiger partial charge on any atom is 0.0635 e. The third kappa shape index (κ3) is 5.41. The topological polar surface area (TPSA) is 53.0 Å². The minimum Gasteiger partial charge on any atom is -0.269 e. The second-order valence-corrected chi connectivity index (χ2v) is 1.39. The summed E-state index contributed by atoms with van der Waals surface area (Å²) in [6, 6.07) is 1.98. The molecule has 0 aliphatic carbocycles. The summed E-state index contributed by atoms with van der Waals surface area (Å²) >= 11 is 0. The lowest BCUT2D eigenvalue weighted by Gasteiger charge is -2.02. The van der Waals surface area contributed by atoms with Gasteiger partial charge in [0.25, 0.3) is 0 Å². The molecule has 3 nitrogen and oxygen atoms in total. The summed E-state index contributed by atoms with van der Waals surface area (Å²) in [4.78, 5) is 0. The minimum absolute atomic E-state index is 0.507. The summed E-state index contributed by atoms with van der Waals surface area (Å²) in [5.41, 5.74) is 0. The van der Waals surface area contributed by atoms with E-state index in [-0.39, 0.29) is 0 Å². The molecule has 0 radical (unpaired) electrons. The maximum absolute atomic E-state index is 7.98. The molecule has 0 unspecified atom stereocenters. The van der Waals surface area contributed by atoms with Crippen molar-refractivity contribution >= 4 is 0 Å². The molecule has 0 aromatic carbocycles. The Labute approximate surface area is 43.3 Å². The molecule has 0 amide bonds. The number of rotatable bonds is 2. The zero-order valence-corrected chi connectivity index (χ0v) is 4.39. The molecular weight excluding hydrogens is 90.1 g/mol. The van der Waals surface area contributed by atoms with Gasteiger partial charge in [0.15, 0.2) is 0 Å². The molecule has 0 aromatic rings. The van der Waals surface area contributed by atoms with Gasteiger partial charge in [-0.05, 0) is 0 Å². The van der Waals surface area contributed by atoms with Gasteiger partial charge in [0.1, 0.15) is 0 Å². The number of nitrogens with two attached hydrogens (primary N) is 1. The van der Waals surface area contributed by atoms with E-state index in [1.54, 1.807) is 7.05 Å².